The molecule has 0 aliphatic carbocycles. The molecule has 4 rings (SSSR count). The maximum absolute atomic E-state index is 14.2. The van der Waals surface area contributed by atoms with Crippen LogP contribution in [0, 0.1) is 5.82 Å². The molecule has 1 aliphatic rings. The summed E-state index contributed by atoms with van der Waals surface area (Å²) in [6, 6.07) is 12.3. The third-order valence-electron chi connectivity index (χ3n) is 4.72. The molecule has 0 atom stereocenters. The number of nitrogens with zero attached hydrogens (tertiary/aromatic N) is 3. The second-order valence-electron chi connectivity index (χ2n) is 6.58. The molecule has 1 aromatic heterocycles. The van der Waals surface area contributed by atoms with Crippen molar-refractivity contribution in [2.24, 2.45) is 10.7 Å². The number of aryl methyl sites for hydroxylation is 1. The van der Waals surface area contributed by atoms with Crippen LogP contribution in [0.4, 0.5) is 4.39 Å². The van der Waals surface area contributed by atoms with E-state index in [0.717, 1.165) is 28.0 Å². The summed E-state index contributed by atoms with van der Waals surface area (Å²) in [4.78, 5) is 21.2. The standard InChI is InChI=1S/C21H18BrFN4O/c1-2-5-18-26-20(21(24)28)17-11-25-19(13-6-3-4-7-15(13)22)14-10-12(23)8-9-16(14)27(17)18/h3-4,6-10H,2,5,11H2,1H3,(H2,24,28). The fourth-order valence-corrected chi connectivity index (χ4v) is 4.01. The number of primary amides is 1. The van der Waals surface area contributed by atoms with Crippen molar-refractivity contribution in [2.45, 2.75) is 26.3 Å². The van der Waals surface area contributed by atoms with Gasteiger partial charge in [0.15, 0.2) is 5.69 Å². The van der Waals surface area contributed by atoms with E-state index in [1.165, 1.54) is 12.1 Å². The Morgan fingerprint density at radius 3 is 2.75 bits per heavy atom. The van der Waals surface area contributed by atoms with Gasteiger partial charge in [0.05, 0.1) is 23.6 Å². The van der Waals surface area contributed by atoms with Crippen LogP contribution in [0.3, 0.4) is 0 Å². The van der Waals surface area contributed by atoms with E-state index in [1.807, 2.05) is 35.8 Å². The van der Waals surface area contributed by atoms with E-state index in [1.54, 1.807) is 6.07 Å². The summed E-state index contributed by atoms with van der Waals surface area (Å²) in [7, 11) is 0. The first-order valence-electron chi connectivity index (χ1n) is 9.01. The van der Waals surface area contributed by atoms with Crippen LogP contribution in [-0.4, -0.2) is 21.2 Å². The molecule has 0 bridgehead atoms. The quantitative estimate of drug-likeness (QED) is 0.660. The summed E-state index contributed by atoms with van der Waals surface area (Å²) in [5.41, 5.74) is 9.33. The average molecular weight is 441 g/mol. The molecule has 142 valence electrons. The molecule has 2 aromatic carbocycles. The topological polar surface area (TPSA) is 73.3 Å². The van der Waals surface area contributed by atoms with Crippen LogP contribution in [0.15, 0.2) is 51.9 Å². The Morgan fingerprint density at radius 2 is 2.04 bits per heavy atom. The lowest BCUT2D eigenvalue weighted by atomic mass is 10.00. The summed E-state index contributed by atoms with van der Waals surface area (Å²) >= 11 is 3.56. The van der Waals surface area contributed by atoms with E-state index in [4.69, 9.17) is 10.7 Å². The van der Waals surface area contributed by atoms with Gasteiger partial charge in [-0.15, -0.1) is 0 Å². The van der Waals surface area contributed by atoms with Crippen molar-refractivity contribution in [2.75, 3.05) is 0 Å². The van der Waals surface area contributed by atoms with E-state index < -0.39 is 5.91 Å². The van der Waals surface area contributed by atoms with Gasteiger partial charge < -0.3 is 5.73 Å². The van der Waals surface area contributed by atoms with E-state index in [2.05, 4.69) is 20.9 Å². The molecule has 0 saturated carbocycles. The van der Waals surface area contributed by atoms with Crippen molar-refractivity contribution < 1.29 is 9.18 Å². The molecule has 0 fully saturated rings. The number of nitrogens with two attached hydrogens (primary N) is 1. The van der Waals surface area contributed by atoms with E-state index in [0.29, 0.717) is 23.4 Å². The van der Waals surface area contributed by atoms with E-state index in [9.17, 15) is 9.18 Å². The minimum absolute atomic E-state index is 0.218. The first-order valence-corrected chi connectivity index (χ1v) is 9.80. The monoisotopic (exact) mass is 440 g/mol. The third-order valence-corrected chi connectivity index (χ3v) is 5.41. The minimum Gasteiger partial charge on any atom is -0.364 e. The van der Waals surface area contributed by atoms with Crippen molar-refractivity contribution >= 4 is 27.5 Å². The third kappa shape index (κ3) is 3.05. The van der Waals surface area contributed by atoms with Gasteiger partial charge in [-0.2, -0.15) is 0 Å². The molecule has 0 unspecified atom stereocenters. The molecule has 1 aliphatic heterocycles. The molecule has 0 radical (unpaired) electrons. The number of halogens is 2. The molecule has 5 nitrogen and oxygen atoms in total. The number of carbonyl (C=O) groups excluding carboxylic acids is 1. The van der Waals surface area contributed by atoms with Crippen LogP contribution in [0.25, 0.3) is 5.69 Å². The van der Waals surface area contributed by atoms with Gasteiger partial charge in [0.2, 0.25) is 0 Å². The largest absolute Gasteiger partial charge is 0.364 e. The van der Waals surface area contributed by atoms with Gasteiger partial charge in [-0.25, -0.2) is 9.37 Å². The Labute approximate surface area is 170 Å². The smallest absolute Gasteiger partial charge is 0.269 e. The maximum atomic E-state index is 14.2. The number of aromatic nitrogens is 2. The van der Waals surface area contributed by atoms with Crippen LogP contribution in [-0.2, 0) is 13.0 Å². The van der Waals surface area contributed by atoms with Crippen molar-refractivity contribution in [3.63, 3.8) is 0 Å². The zero-order chi connectivity index (χ0) is 19.8. The van der Waals surface area contributed by atoms with Gasteiger partial charge >= 0.3 is 0 Å². The number of hydrogen-bond acceptors (Lipinski definition) is 3. The van der Waals surface area contributed by atoms with Gasteiger partial charge in [0, 0.05) is 22.0 Å². The highest BCUT2D eigenvalue weighted by Crippen LogP contribution is 2.31. The number of carbonyl (C=O) groups is 1. The minimum atomic E-state index is -0.589. The first-order chi connectivity index (χ1) is 13.5. The Balaban J connectivity index is 2.04. The number of aliphatic imine (C=N–C) groups is 1. The molecule has 2 heterocycles. The van der Waals surface area contributed by atoms with E-state index >= 15 is 0 Å². The Kier molecular flexibility index (Phi) is 4.85. The van der Waals surface area contributed by atoms with Gasteiger partial charge in [-0.05, 0) is 30.7 Å². The molecule has 7 heteroatoms. The molecular formula is C21H18BrFN4O. The molecule has 0 spiro atoms. The number of benzene rings is 2. The second-order valence-corrected chi connectivity index (χ2v) is 7.43. The molecular weight excluding hydrogens is 423 g/mol. The number of amides is 1. The van der Waals surface area contributed by atoms with Crippen LogP contribution >= 0.6 is 15.9 Å². The number of rotatable bonds is 4. The molecule has 1 amide bonds. The highest BCUT2D eigenvalue weighted by atomic mass is 79.9. The van der Waals surface area contributed by atoms with Gasteiger partial charge in [-0.1, -0.05) is 41.1 Å². The zero-order valence-corrected chi connectivity index (χ0v) is 16.8. The Hall–Kier alpha value is -2.80. The van der Waals surface area contributed by atoms with Gasteiger partial charge in [-0.3, -0.25) is 14.4 Å². The Bertz CT molecular complexity index is 1120. The van der Waals surface area contributed by atoms with Crippen molar-refractivity contribution in [1.82, 2.24) is 9.55 Å². The second kappa shape index (κ2) is 7.31. The summed E-state index contributed by atoms with van der Waals surface area (Å²) in [6.45, 7) is 2.26. The fourth-order valence-electron chi connectivity index (χ4n) is 3.54. The molecule has 0 saturated heterocycles. The SMILES string of the molecule is CCCc1nc(C(N)=O)c2n1-c1ccc(F)cc1C(c1ccccc1Br)=NC2. The predicted octanol–water partition coefficient (Wildman–Crippen LogP) is 4.18. The lowest BCUT2D eigenvalue weighted by molar-refractivity contribution is 0.0995. The van der Waals surface area contributed by atoms with Crippen molar-refractivity contribution in [3.05, 3.63) is 81.1 Å². The highest BCUT2D eigenvalue weighted by molar-refractivity contribution is 9.10. The lowest BCUT2D eigenvalue weighted by Crippen LogP contribution is -2.14. The summed E-state index contributed by atoms with van der Waals surface area (Å²) in [5.74, 6) is -0.216. The highest BCUT2D eigenvalue weighted by Gasteiger charge is 2.27. The summed E-state index contributed by atoms with van der Waals surface area (Å²) in [6.07, 6.45) is 1.52. The fraction of sp³-hybridized carbons (Fsp3) is 0.190. The van der Waals surface area contributed by atoms with Gasteiger partial charge in [0.25, 0.3) is 5.91 Å². The van der Waals surface area contributed by atoms with Crippen molar-refractivity contribution in [3.8, 4) is 5.69 Å². The molecule has 28 heavy (non-hydrogen) atoms. The van der Waals surface area contributed by atoms with Gasteiger partial charge in [0.1, 0.15) is 11.6 Å². The number of fused-ring (bicyclic) bond motifs is 3. The van der Waals surface area contributed by atoms with Crippen LogP contribution in [0.1, 0.15) is 46.5 Å². The number of hydrogen-bond donors (Lipinski definition) is 1. The van der Waals surface area contributed by atoms with Crippen molar-refractivity contribution in [1.29, 1.82) is 0 Å². The van der Waals surface area contributed by atoms with Crippen LogP contribution in [0.5, 0.6) is 0 Å². The average Bonchev–Trinajstić information content (AvgIpc) is 2.94. The van der Waals surface area contributed by atoms with Crippen LogP contribution < -0.4 is 5.73 Å². The maximum Gasteiger partial charge on any atom is 0.269 e. The Morgan fingerprint density at radius 1 is 1.25 bits per heavy atom. The molecule has 2 N–H and O–H groups in total. The predicted molar refractivity (Wildman–Crippen MR) is 110 cm³/mol. The first kappa shape index (κ1) is 18.6. The van der Waals surface area contributed by atoms with E-state index in [-0.39, 0.29) is 18.1 Å². The summed E-state index contributed by atoms with van der Waals surface area (Å²) in [5, 5.41) is 0. The number of imidazole rings is 1. The lowest BCUT2D eigenvalue weighted by Gasteiger charge is -2.15. The summed E-state index contributed by atoms with van der Waals surface area (Å²) < 4.78 is 17.0. The molecule has 3 aromatic rings. The zero-order valence-electron chi connectivity index (χ0n) is 15.2. The van der Waals surface area contributed by atoms with Crippen LogP contribution in [0.2, 0.25) is 0 Å². The normalized spacial score (nSPS) is 12.8.